The van der Waals surface area contributed by atoms with Crippen LogP contribution in [0.2, 0.25) is 0 Å². The first-order chi connectivity index (χ1) is 14.5. The van der Waals surface area contributed by atoms with Crippen LogP contribution < -0.4 is 10.1 Å². The van der Waals surface area contributed by atoms with Crippen LogP contribution in [-0.2, 0) is 11.3 Å². The Morgan fingerprint density at radius 1 is 1.13 bits per heavy atom. The second-order valence-corrected chi connectivity index (χ2v) is 6.30. The van der Waals surface area contributed by atoms with Crippen LogP contribution in [0.5, 0.6) is 5.75 Å². The molecular weight excluding hydrogens is 386 g/mol. The van der Waals surface area contributed by atoms with E-state index in [1.54, 1.807) is 26.2 Å². The van der Waals surface area contributed by atoms with Crippen molar-refractivity contribution in [1.82, 2.24) is 4.98 Å². The molecule has 0 aliphatic heterocycles. The third-order valence-corrected chi connectivity index (χ3v) is 4.36. The SMILES string of the molecule is CCOC(=O)c1cc(-c2ccccc2)nc(NCc2ccc(OC)cc2)c1[N+](=O)[O-]. The van der Waals surface area contributed by atoms with E-state index in [0.29, 0.717) is 11.4 Å². The van der Waals surface area contributed by atoms with Gasteiger partial charge in [-0.2, -0.15) is 0 Å². The van der Waals surface area contributed by atoms with Crippen LogP contribution in [0.25, 0.3) is 11.3 Å². The largest absolute Gasteiger partial charge is 0.497 e. The highest BCUT2D eigenvalue weighted by Gasteiger charge is 2.28. The lowest BCUT2D eigenvalue weighted by atomic mass is 10.1. The monoisotopic (exact) mass is 407 g/mol. The molecule has 0 atom stereocenters. The van der Waals surface area contributed by atoms with Gasteiger partial charge in [0.1, 0.15) is 11.3 Å². The zero-order valence-corrected chi connectivity index (χ0v) is 16.6. The molecule has 0 saturated heterocycles. The number of pyridine rings is 1. The van der Waals surface area contributed by atoms with Gasteiger partial charge in [0.15, 0.2) is 0 Å². The Morgan fingerprint density at radius 3 is 2.43 bits per heavy atom. The van der Waals surface area contributed by atoms with Gasteiger partial charge in [-0.25, -0.2) is 9.78 Å². The number of ether oxygens (including phenoxy) is 2. The molecule has 0 radical (unpaired) electrons. The van der Waals surface area contributed by atoms with Crippen LogP contribution in [0, 0.1) is 10.1 Å². The minimum atomic E-state index is -0.767. The number of carbonyl (C=O) groups excluding carboxylic acids is 1. The molecule has 0 unspecified atom stereocenters. The zero-order chi connectivity index (χ0) is 21.5. The molecule has 8 nitrogen and oxygen atoms in total. The fourth-order valence-corrected chi connectivity index (χ4v) is 2.90. The summed E-state index contributed by atoms with van der Waals surface area (Å²) in [5.41, 5.74) is 1.47. The number of carbonyl (C=O) groups is 1. The highest BCUT2D eigenvalue weighted by Crippen LogP contribution is 2.32. The lowest BCUT2D eigenvalue weighted by molar-refractivity contribution is -0.384. The Kier molecular flexibility index (Phi) is 6.59. The summed E-state index contributed by atoms with van der Waals surface area (Å²) in [6.45, 7) is 2.03. The Morgan fingerprint density at radius 2 is 1.83 bits per heavy atom. The molecule has 0 bridgehead atoms. The van der Waals surface area contributed by atoms with Crippen molar-refractivity contribution in [3.63, 3.8) is 0 Å². The lowest BCUT2D eigenvalue weighted by Crippen LogP contribution is -2.13. The first-order valence-electron chi connectivity index (χ1n) is 9.32. The average Bonchev–Trinajstić information content (AvgIpc) is 2.78. The van der Waals surface area contributed by atoms with E-state index in [-0.39, 0.29) is 24.5 Å². The molecule has 1 heterocycles. The van der Waals surface area contributed by atoms with Crippen molar-refractivity contribution in [1.29, 1.82) is 0 Å². The number of nitrogens with one attached hydrogen (secondary N) is 1. The lowest BCUT2D eigenvalue weighted by Gasteiger charge is -2.12. The number of nitro groups is 1. The highest BCUT2D eigenvalue weighted by molar-refractivity contribution is 5.97. The Bertz CT molecular complexity index is 1040. The minimum absolute atomic E-state index is 0.000208. The van der Waals surface area contributed by atoms with Crippen molar-refractivity contribution < 1.29 is 19.2 Å². The van der Waals surface area contributed by atoms with Gasteiger partial charge in [-0.1, -0.05) is 42.5 Å². The predicted molar refractivity (Wildman–Crippen MR) is 113 cm³/mol. The molecule has 0 spiro atoms. The van der Waals surface area contributed by atoms with Crippen molar-refractivity contribution in [2.45, 2.75) is 13.5 Å². The molecule has 2 aromatic carbocycles. The highest BCUT2D eigenvalue weighted by atomic mass is 16.6. The van der Waals surface area contributed by atoms with Crippen molar-refractivity contribution >= 4 is 17.5 Å². The number of nitrogens with zero attached hydrogens (tertiary/aromatic N) is 2. The van der Waals surface area contributed by atoms with Crippen molar-refractivity contribution in [2.75, 3.05) is 19.0 Å². The van der Waals surface area contributed by atoms with Gasteiger partial charge in [0.05, 0.1) is 24.3 Å². The number of aromatic nitrogens is 1. The molecule has 30 heavy (non-hydrogen) atoms. The first-order valence-corrected chi connectivity index (χ1v) is 9.32. The van der Waals surface area contributed by atoms with Gasteiger partial charge in [-0.05, 0) is 30.7 Å². The van der Waals surface area contributed by atoms with Crippen LogP contribution in [0.3, 0.4) is 0 Å². The Balaban J connectivity index is 2.04. The second-order valence-electron chi connectivity index (χ2n) is 6.30. The van der Waals surface area contributed by atoms with E-state index in [1.807, 2.05) is 42.5 Å². The maximum Gasteiger partial charge on any atom is 0.345 e. The quantitative estimate of drug-likeness (QED) is 0.334. The second kappa shape index (κ2) is 9.51. The van der Waals surface area contributed by atoms with Crippen LogP contribution in [0.4, 0.5) is 11.5 Å². The smallest absolute Gasteiger partial charge is 0.345 e. The molecule has 0 saturated carbocycles. The van der Waals surface area contributed by atoms with Crippen molar-refractivity contribution in [3.05, 3.63) is 81.9 Å². The molecule has 3 rings (SSSR count). The number of rotatable bonds is 8. The average molecular weight is 407 g/mol. The number of methoxy groups -OCH3 is 1. The summed E-state index contributed by atoms with van der Waals surface area (Å²) in [5, 5.41) is 14.8. The topological polar surface area (TPSA) is 104 Å². The molecule has 154 valence electrons. The van der Waals surface area contributed by atoms with E-state index in [0.717, 1.165) is 11.1 Å². The summed E-state index contributed by atoms with van der Waals surface area (Å²) in [6.07, 6.45) is 0. The molecule has 0 amide bonds. The molecule has 8 heteroatoms. The predicted octanol–water partition coefficient (Wildman–Crippen LogP) is 4.45. The van der Waals surface area contributed by atoms with Gasteiger partial charge in [0, 0.05) is 12.1 Å². The fourth-order valence-electron chi connectivity index (χ4n) is 2.90. The van der Waals surface area contributed by atoms with Gasteiger partial charge in [0.25, 0.3) is 0 Å². The Labute approximate surface area is 173 Å². The van der Waals surface area contributed by atoms with Gasteiger partial charge < -0.3 is 14.8 Å². The van der Waals surface area contributed by atoms with Gasteiger partial charge >= 0.3 is 11.7 Å². The number of esters is 1. The summed E-state index contributed by atoms with van der Waals surface area (Å²) in [5.74, 6) is -0.0602. The van der Waals surface area contributed by atoms with E-state index in [9.17, 15) is 14.9 Å². The van der Waals surface area contributed by atoms with Crippen LogP contribution in [-0.4, -0.2) is 29.6 Å². The molecule has 3 aromatic rings. The Hall–Kier alpha value is -3.94. The summed E-state index contributed by atoms with van der Waals surface area (Å²) in [6, 6.07) is 17.8. The standard InChI is InChI=1S/C22H21N3O5/c1-3-30-22(26)18-13-19(16-7-5-4-6-8-16)24-21(20(18)25(27)28)23-14-15-9-11-17(29-2)12-10-15/h4-13H,3,14H2,1-2H3,(H,23,24). The normalized spacial score (nSPS) is 10.3. The van der Waals surface area contributed by atoms with Gasteiger partial charge in [0.2, 0.25) is 5.82 Å². The van der Waals surface area contributed by atoms with E-state index < -0.39 is 16.6 Å². The maximum absolute atomic E-state index is 12.5. The van der Waals surface area contributed by atoms with E-state index in [4.69, 9.17) is 9.47 Å². The third kappa shape index (κ3) is 4.72. The van der Waals surface area contributed by atoms with E-state index in [1.165, 1.54) is 6.07 Å². The molecule has 0 fully saturated rings. The maximum atomic E-state index is 12.5. The van der Waals surface area contributed by atoms with E-state index >= 15 is 0 Å². The summed E-state index contributed by atoms with van der Waals surface area (Å²) >= 11 is 0. The van der Waals surface area contributed by atoms with Crippen molar-refractivity contribution in [2.24, 2.45) is 0 Å². The zero-order valence-electron chi connectivity index (χ0n) is 16.6. The summed E-state index contributed by atoms with van der Waals surface area (Å²) in [7, 11) is 1.58. The fraction of sp³-hybridized carbons (Fsp3) is 0.182. The molecule has 1 aromatic heterocycles. The van der Waals surface area contributed by atoms with Gasteiger partial charge in [-0.15, -0.1) is 0 Å². The van der Waals surface area contributed by atoms with Crippen LogP contribution >= 0.6 is 0 Å². The molecule has 1 N–H and O–H groups in total. The van der Waals surface area contributed by atoms with Crippen LogP contribution in [0.1, 0.15) is 22.8 Å². The number of anilines is 1. The first kappa shape index (κ1) is 20.8. The molecule has 0 aliphatic rings. The number of hydrogen-bond donors (Lipinski definition) is 1. The number of benzene rings is 2. The van der Waals surface area contributed by atoms with E-state index in [2.05, 4.69) is 10.3 Å². The third-order valence-electron chi connectivity index (χ3n) is 4.36. The van der Waals surface area contributed by atoms with Crippen LogP contribution in [0.15, 0.2) is 60.7 Å². The van der Waals surface area contributed by atoms with Crippen molar-refractivity contribution in [3.8, 4) is 17.0 Å². The van der Waals surface area contributed by atoms with Gasteiger partial charge in [-0.3, -0.25) is 10.1 Å². The number of hydrogen-bond acceptors (Lipinski definition) is 7. The molecule has 0 aliphatic carbocycles. The minimum Gasteiger partial charge on any atom is -0.497 e. The summed E-state index contributed by atoms with van der Waals surface area (Å²) in [4.78, 5) is 28.1. The molecular formula is C22H21N3O5. The summed E-state index contributed by atoms with van der Waals surface area (Å²) < 4.78 is 10.2.